The predicted molar refractivity (Wildman–Crippen MR) is 125 cm³/mol. The van der Waals surface area contributed by atoms with Gasteiger partial charge < -0.3 is 15.2 Å². The monoisotopic (exact) mass is 468 g/mol. The van der Waals surface area contributed by atoms with E-state index < -0.39 is 16.6 Å². The molecule has 182 valence electrons. The van der Waals surface area contributed by atoms with Gasteiger partial charge >= 0.3 is 0 Å². The summed E-state index contributed by atoms with van der Waals surface area (Å²) in [6, 6.07) is 7.73. The number of halogens is 1. The topological polar surface area (TPSA) is 101 Å². The van der Waals surface area contributed by atoms with Gasteiger partial charge in [0.25, 0.3) is 5.91 Å². The first-order chi connectivity index (χ1) is 16.2. The average molecular weight is 469 g/mol. The molecule has 0 aromatic heterocycles. The summed E-state index contributed by atoms with van der Waals surface area (Å²) >= 11 is 0. The number of aliphatic imine (C=N–C) groups is 1. The van der Waals surface area contributed by atoms with E-state index in [0.29, 0.717) is 25.2 Å². The number of carbonyl (C=O) groups is 1. The van der Waals surface area contributed by atoms with Crippen molar-refractivity contribution in [2.24, 2.45) is 28.0 Å². The maximum atomic E-state index is 15.7. The molecule has 1 amide bonds. The van der Waals surface area contributed by atoms with E-state index in [9.17, 15) is 10.1 Å². The van der Waals surface area contributed by atoms with Crippen LogP contribution >= 0.6 is 0 Å². The Morgan fingerprint density at radius 3 is 2.59 bits per heavy atom. The number of carbonyl (C=O) groups excluding carboxylic acids is 1. The van der Waals surface area contributed by atoms with Crippen molar-refractivity contribution in [1.29, 1.82) is 5.26 Å². The van der Waals surface area contributed by atoms with E-state index >= 15 is 4.39 Å². The molecule has 5 rings (SSSR count). The minimum absolute atomic E-state index is 0.0669. The van der Waals surface area contributed by atoms with Crippen LogP contribution in [0.1, 0.15) is 56.2 Å². The number of methoxy groups -OCH3 is 1. The fourth-order valence-electron chi connectivity index (χ4n) is 7.36. The first kappa shape index (κ1) is 23.3. The van der Waals surface area contributed by atoms with Crippen molar-refractivity contribution in [1.82, 2.24) is 4.90 Å². The molecule has 5 atom stereocenters. The summed E-state index contributed by atoms with van der Waals surface area (Å²) in [6.07, 6.45) is 2.67. The molecule has 4 aliphatic rings. The van der Waals surface area contributed by atoms with Gasteiger partial charge in [0.2, 0.25) is 0 Å². The number of nitrogens with two attached hydrogens (primary N) is 1. The van der Waals surface area contributed by atoms with Crippen LogP contribution in [0.5, 0.6) is 0 Å². The Balaban J connectivity index is 1.62. The number of ether oxygens (including phenoxy) is 2. The summed E-state index contributed by atoms with van der Waals surface area (Å²) in [5, 5.41) is 9.59. The van der Waals surface area contributed by atoms with Crippen molar-refractivity contribution in [2.45, 2.75) is 63.3 Å². The van der Waals surface area contributed by atoms with Gasteiger partial charge in [-0.2, -0.15) is 5.26 Å². The minimum atomic E-state index is -1.56. The van der Waals surface area contributed by atoms with Crippen molar-refractivity contribution < 1.29 is 18.7 Å². The second-order valence-electron chi connectivity index (χ2n) is 10.8. The molecule has 0 radical (unpaired) electrons. The maximum absolute atomic E-state index is 15.7. The van der Waals surface area contributed by atoms with E-state index in [1.807, 2.05) is 6.07 Å². The number of fused-ring (bicyclic) bond motifs is 3. The number of nitrogens with zero attached hydrogens (tertiary/aromatic N) is 3. The second kappa shape index (κ2) is 8.03. The van der Waals surface area contributed by atoms with Crippen LogP contribution in [0.15, 0.2) is 23.2 Å². The molecule has 2 heterocycles. The number of hydrogen-bond acceptors (Lipinski definition) is 6. The van der Waals surface area contributed by atoms with Gasteiger partial charge in [-0.3, -0.25) is 9.69 Å². The van der Waals surface area contributed by atoms with Gasteiger partial charge in [-0.25, -0.2) is 9.38 Å². The van der Waals surface area contributed by atoms with Crippen LogP contribution in [0.2, 0.25) is 0 Å². The molecule has 2 aliphatic carbocycles. The number of guanidine groups is 1. The molecular weight excluding hydrogens is 435 g/mol. The summed E-state index contributed by atoms with van der Waals surface area (Å²) in [5.74, 6) is 0.211. The highest BCUT2D eigenvalue weighted by Crippen LogP contribution is 2.63. The number of nitriles is 1. The zero-order valence-electron chi connectivity index (χ0n) is 20.1. The zero-order chi connectivity index (χ0) is 24.3. The first-order valence-corrected chi connectivity index (χ1v) is 12.2. The Morgan fingerprint density at radius 2 is 1.97 bits per heavy atom. The van der Waals surface area contributed by atoms with Crippen LogP contribution in [0.3, 0.4) is 0 Å². The third-order valence-corrected chi connectivity index (χ3v) is 8.69. The molecule has 1 aromatic carbocycles. The van der Waals surface area contributed by atoms with Crippen molar-refractivity contribution in [2.75, 3.05) is 26.9 Å². The lowest BCUT2D eigenvalue weighted by atomic mass is 9.56. The van der Waals surface area contributed by atoms with E-state index in [1.54, 1.807) is 19.2 Å². The molecule has 2 fully saturated rings. The van der Waals surface area contributed by atoms with Crippen LogP contribution in [0.4, 0.5) is 4.39 Å². The lowest BCUT2D eigenvalue weighted by Gasteiger charge is -2.50. The molecule has 8 heteroatoms. The van der Waals surface area contributed by atoms with E-state index in [0.717, 1.165) is 24.0 Å². The molecule has 2 spiro atoms. The molecule has 34 heavy (non-hydrogen) atoms. The SMILES string of the molecule is COC1[C@H](C)CC2(Cc3ccc(C#N)cc3[C@]23N=C(N)N(CC2(F)CCOCC2)C3=O)C[C@@H]1C. The van der Waals surface area contributed by atoms with Crippen LogP contribution in [-0.2, 0) is 26.2 Å². The van der Waals surface area contributed by atoms with Crippen molar-refractivity contribution >= 4 is 11.9 Å². The van der Waals surface area contributed by atoms with Crippen molar-refractivity contribution in [3.8, 4) is 6.07 Å². The summed E-state index contributed by atoms with van der Waals surface area (Å²) in [7, 11) is 1.74. The largest absolute Gasteiger partial charge is 0.381 e. The van der Waals surface area contributed by atoms with E-state index in [4.69, 9.17) is 20.2 Å². The fourth-order valence-corrected chi connectivity index (χ4v) is 7.36. The minimum Gasteiger partial charge on any atom is -0.381 e. The molecular formula is C26H33FN4O3. The molecule has 2 N–H and O–H groups in total. The number of amides is 1. The smallest absolute Gasteiger partial charge is 0.262 e. The average Bonchev–Trinajstić information content (AvgIpc) is 3.19. The van der Waals surface area contributed by atoms with Gasteiger partial charge in [0, 0.05) is 38.6 Å². The highest BCUT2D eigenvalue weighted by atomic mass is 19.1. The van der Waals surface area contributed by atoms with Crippen LogP contribution in [0.25, 0.3) is 0 Å². The van der Waals surface area contributed by atoms with Crippen molar-refractivity contribution in [3.05, 3.63) is 34.9 Å². The van der Waals surface area contributed by atoms with Gasteiger partial charge in [0.15, 0.2) is 11.5 Å². The molecule has 1 saturated heterocycles. The van der Waals surface area contributed by atoms with E-state index in [2.05, 4.69) is 19.9 Å². The second-order valence-corrected chi connectivity index (χ2v) is 10.8. The first-order valence-electron chi connectivity index (χ1n) is 12.2. The molecule has 2 unspecified atom stereocenters. The Hall–Kier alpha value is -2.50. The molecule has 2 aliphatic heterocycles. The Labute approximate surface area is 200 Å². The fraction of sp³-hybridized carbons (Fsp3) is 0.654. The van der Waals surface area contributed by atoms with Crippen LogP contribution in [-0.4, -0.2) is 55.4 Å². The normalized spacial score (nSPS) is 36.6. The molecule has 0 bridgehead atoms. The number of hydrogen-bond donors (Lipinski definition) is 1. The standard InChI is InChI=1S/C26H33FN4O3/c1-16-11-24(12-17(2)21(16)33-3)13-19-5-4-18(14-28)10-20(19)26(24)22(32)31(23(29)30-26)15-25(27)6-8-34-9-7-25/h4-5,10,16-17,21H,6-9,11-13,15H2,1-3H3,(H2,29,30)/t16-,17+,21?,24?,26-/m1/s1. The number of rotatable bonds is 3. The Bertz CT molecular complexity index is 1060. The van der Waals surface area contributed by atoms with E-state index in [1.165, 1.54) is 4.90 Å². The maximum Gasteiger partial charge on any atom is 0.262 e. The van der Waals surface area contributed by atoms with Crippen LogP contribution in [0, 0.1) is 28.6 Å². The zero-order valence-corrected chi connectivity index (χ0v) is 20.1. The predicted octanol–water partition coefficient (Wildman–Crippen LogP) is 3.05. The Kier molecular flexibility index (Phi) is 5.49. The van der Waals surface area contributed by atoms with Crippen molar-refractivity contribution in [3.63, 3.8) is 0 Å². The van der Waals surface area contributed by atoms with Crippen LogP contribution < -0.4 is 5.73 Å². The molecule has 1 saturated carbocycles. The summed E-state index contributed by atoms with van der Waals surface area (Å²) in [5.41, 5.74) is 5.34. The number of benzene rings is 1. The third-order valence-electron chi connectivity index (χ3n) is 8.69. The molecule has 7 nitrogen and oxygen atoms in total. The highest BCUT2D eigenvalue weighted by Gasteiger charge is 2.68. The van der Waals surface area contributed by atoms with Gasteiger partial charge in [-0.1, -0.05) is 19.9 Å². The quantitative estimate of drug-likeness (QED) is 0.735. The van der Waals surface area contributed by atoms with Gasteiger partial charge in [0.05, 0.1) is 24.3 Å². The summed E-state index contributed by atoms with van der Waals surface area (Å²) in [4.78, 5) is 20.7. The molecule has 1 aromatic rings. The lowest BCUT2D eigenvalue weighted by Crippen LogP contribution is -2.57. The van der Waals surface area contributed by atoms with Gasteiger partial charge in [-0.15, -0.1) is 0 Å². The highest BCUT2D eigenvalue weighted by molar-refractivity contribution is 6.08. The van der Waals surface area contributed by atoms with Gasteiger partial charge in [0.1, 0.15) is 5.67 Å². The summed E-state index contributed by atoms with van der Waals surface area (Å²) in [6.45, 7) is 4.85. The van der Waals surface area contributed by atoms with E-state index in [-0.39, 0.29) is 49.2 Å². The lowest BCUT2D eigenvalue weighted by molar-refractivity contribution is -0.144. The Morgan fingerprint density at radius 1 is 1.29 bits per heavy atom. The number of alkyl halides is 1. The van der Waals surface area contributed by atoms with Gasteiger partial charge in [-0.05, 0) is 54.4 Å². The summed E-state index contributed by atoms with van der Waals surface area (Å²) < 4.78 is 26.8. The third kappa shape index (κ3) is 3.20.